The van der Waals surface area contributed by atoms with E-state index in [4.69, 9.17) is 16.3 Å². The van der Waals surface area contributed by atoms with Crippen molar-refractivity contribution in [2.45, 2.75) is 13.3 Å². The Labute approximate surface area is 79.5 Å². The number of ether oxygens (including phenoxy) is 1. The second-order valence-corrected chi connectivity index (χ2v) is 2.84. The summed E-state index contributed by atoms with van der Waals surface area (Å²) >= 11 is 5.58. The summed E-state index contributed by atoms with van der Waals surface area (Å²) in [6, 6.07) is 0. The number of alkyl halides is 2. The summed E-state index contributed by atoms with van der Waals surface area (Å²) in [5.41, 5.74) is 0.179. The molecule has 0 radical (unpaired) electrons. The molecule has 13 heavy (non-hydrogen) atoms. The normalized spacial score (nSPS) is 10.6. The first-order valence-electron chi connectivity index (χ1n) is 3.55. The second kappa shape index (κ2) is 3.87. The average Bonchev–Trinajstić information content (AvgIpc) is 2.07. The topological polar surface area (TPSA) is 22.1 Å². The molecule has 1 rings (SSSR count). The number of aryl methyl sites for hydroxylation is 1. The van der Waals surface area contributed by atoms with Gasteiger partial charge >= 0.3 is 0 Å². The van der Waals surface area contributed by atoms with Crippen molar-refractivity contribution < 1.29 is 13.5 Å². The number of hydrogen-bond donors (Lipinski definition) is 0. The molecular weight excluding hydrogens is 200 g/mol. The second-order valence-electron chi connectivity index (χ2n) is 2.48. The van der Waals surface area contributed by atoms with Crippen LogP contribution in [0.2, 0.25) is 5.15 Å². The van der Waals surface area contributed by atoms with Crippen molar-refractivity contribution in [2.24, 2.45) is 0 Å². The first-order chi connectivity index (χ1) is 6.07. The highest BCUT2D eigenvalue weighted by Crippen LogP contribution is 2.35. The van der Waals surface area contributed by atoms with Gasteiger partial charge in [0.05, 0.1) is 12.7 Å². The SMILES string of the molecule is COc1c(Cl)ncc(C)c1C(F)F. The van der Waals surface area contributed by atoms with Crippen molar-refractivity contribution in [2.75, 3.05) is 7.11 Å². The zero-order chi connectivity index (χ0) is 10.0. The minimum atomic E-state index is -2.60. The summed E-state index contributed by atoms with van der Waals surface area (Å²) in [6.07, 6.45) is -1.30. The van der Waals surface area contributed by atoms with Gasteiger partial charge in [0.15, 0.2) is 10.9 Å². The van der Waals surface area contributed by atoms with Gasteiger partial charge in [0, 0.05) is 6.20 Å². The van der Waals surface area contributed by atoms with Crippen LogP contribution in [-0.4, -0.2) is 12.1 Å². The predicted molar refractivity (Wildman–Crippen MR) is 45.5 cm³/mol. The van der Waals surface area contributed by atoms with Gasteiger partial charge in [-0.25, -0.2) is 13.8 Å². The molecule has 5 heteroatoms. The third-order valence-corrected chi connectivity index (χ3v) is 1.92. The van der Waals surface area contributed by atoms with Gasteiger partial charge in [-0.05, 0) is 12.5 Å². The molecule has 0 aromatic carbocycles. The largest absolute Gasteiger partial charge is 0.493 e. The lowest BCUT2D eigenvalue weighted by Gasteiger charge is -2.10. The summed E-state index contributed by atoms with van der Waals surface area (Å²) in [5.74, 6) is -0.0448. The van der Waals surface area contributed by atoms with Crippen LogP contribution in [0.25, 0.3) is 0 Å². The molecular formula is C8H8ClF2NO. The summed E-state index contributed by atoms with van der Waals surface area (Å²) in [6.45, 7) is 1.54. The number of nitrogens with zero attached hydrogens (tertiary/aromatic N) is 1. The maximum atomic E-state index is 12.5. The number of aromatic nitrogens is 1. The molecule has 1 aromatic rings. The van der Waals surface area contributed by atoms with Crippen molar-refractivity contribution in [3.05, 3.63) is 22.5 Å². The van der Waals surface area contributed by atoms with Gasteiger partial charge in [0.1, 0.15) is 0 Å². The molecule has 1 heterocycles. The van der Waals surface area contributed by atoms with E-state index in [1.165, 1.54) is 20.2 Å². The highest BCUT2D eigenvalue weighted by atomic mass is 35.5. The van der Waals surface area contributed by atoms with E-state index < -0.39 is 6.43 Å². The van der Waals surface area contributed by atoms with E-state index in [2.05, 4.69) is 4.98 Å². The van der Waals surface area contributed by atoms with Crippen molar-refractivity contribution in [1.82, 2.24) is 4.98 Å². The Morgan fingerprint density at radius 2 is 2.15 bits per heavy atom. The van der Waals surface area contributed by atoms with Gasteiger partial charge in [-0.1, -0.05) is 11.6 Å². The zero-order valence-electron chi connectivity index (χ0n) is 7.14. The summed E-state index contributed by atoms with van der Waals surface area (Å²) in [7, 11) is 1.29. The van der Waals surface area contributed by atoms with E-state index in [9.17, 15) is 8.78 Å². The molecule has 1 aromatic heterocycles. The van der Waals surface area contributed by atoms with Gasteiger partial charge in [-0.2, -0.15) is 0 Å². The maximum Gasteiger partial charge on any atom is 0.267 e. The first-order valence-corrected chi connectivity index (χ1v) is 3.92. The third-order valence-electron chi connectivity index (χ3n) is 1.65. The van der Waals surface area contributed by atoms with E-state index >= 15 is 0 Å². The van der Waals surface area contributed by atoms with Crippen molar-refractivity contribution in [3.8, 4) is 5.75 Å². The standard InChI is InChI=1S/C8H8ClF2NO/c1-4-3-12-7(9)6(13-2)5(4)8(10)11/h3,8H,1-2H3. The smallest absolute Gasteiger partial charge is 0.267 e. The Hall–Kier alpha value is -0.900. The first kappa shape index (κ1) is 10.2. The van der Waals surface area contributed by atoms with Gasteiger partial charge < -0.3 is 4.74 Å². The maximum absolute atomic E-state index is 12.5. The quantitative estimate of drug-likeness (QED) is 0.696. The fourth-order valence-corrected chi connectivity index (χ4v) is 1.26. The Balaban J connectivity index is 3.35. The van der Waals surface area contributed by atoms with Gasteiger partial charge in [0.25, 0.3) is 6.43 Å². The van der Waals surface area contributed by atoms with Crippen LogP contribution in [0.3, 0.4) is 0 Å². The summed E-state index contributed by atoms with van der Waals surface area (Å²) in [4.78, 5) is 3.70. The van der Waals surface area contributed by atoms with E-state index in [0.717, 1.165) is 0 Å². The number of hydrogen-bond acceptors (Lipinski definition) is 2. The van der Waals surface area contributed by atoms with Crippen LogP contribution in [-0.2, 0) is 0 Å². The van der Waals surface area contributed by atoms with E-state index in [0.29, 0.717) is 5.56 Å². The Morgan fingerprint density at radius 3 is 2.54 bits per heavy atom. The minimum absolute atomic E-state index is 0.0385. The average molecular weight is 208 g/mol. The third kappa shape index (κ3) is 1.88. The molecule has 0 saturated carbocycles. The Morgan fingerprint density at radius 1 is 1.54 bits per heavy atom. The lowest BCUT2D eigenvalue weighted by Crippen LogP contribution is -1.98. The molecule has 0 bridgehead atoms. The van der Waals surface area contributed by atoms with E-state index in [-0.39, 0.29) is 16.5 Å². The molecule has 0 aliphatic carbocycles. The molecule has 0 unspecified atom stereocenters. The molecule has 2 nitrogen and oxygen atoms in total. The fourth-order valence-electron chi connectivity index (χ4n) is 1.04. The summed E-state index contributed by atoms with van der Waals surface area (Å²) < 4.78 is 29.7. The van der Waals surface area contributed by atoms with E-state index in [1.54, 1.807) is 0 Å². The molecule has 0 fully saturated rings. The predicted octanol–water partition coefficient (Wildman–Crippen LogP) is 2.99. The molecule has 0 aliphatic rings. The highest BCUT2D eigenvalue weighted by Gasteiger charge is 2.19. The molecule has 0 atom stereocenters. The van der Waals surface area contributed by atoms with Crippen LogP contribution in [0, 0.1) is 6.92 Å². The molecule has 0 aliphatic heterocycles. The summed E-state index contributed by atoms with van der Waals surface area (Å²) in [5, 5.41) is -0.0385. The highest BCUT2D eigenvalue weighted by molar-refractivity contribution is 6.30. The fraction of sp³-hybridized carbons (Fsp3) is 0.375. The van der Waals surface area contributed by atoms with Crippen LogP contribution in [0.5, 0.6) is 5.75 Å². The van der Waals surface area contributed by atoms with Gasteiger partial charge in [-0.15, -0.1) is 0 Å². The lowest BCUT2D eigenvalue weighted by atomic mass is 10.1. The molecule has 72 valence electrons. The monoisotopic (exact) mass is 207 g/mol. The number of pyridine rings is 1. The van der Waals surface area contributed by atoms with Crippen molar-refractivity contribution in [3.63, 3.8) is 0 Å². The van der Waals surface area contributed by atoms with Crippen LogP contribution in [0.4, 0.5) is 8.78 Å². The zero-order valence-corrected chi connectivity index (χ0v) is 7.90. The van der Waals surface area contributed by atoms with Crippen LogP contribution >= 0.6 is 11.6 Å². The number of rotatable bonds is 2. The Bertz CT molecular complexity index is 317. The minimum Gasteiger partial charge on any atom is -0.493 e. The van der Waals surface area contributed by atoms with Crippen LogP contribution in [0.15, 0.2) is 6.20 Å². The van der Waals surface area contributed by atoms with E-state index in [1.807, 2.05) is 0 Å². The molecule has 0 N–H and O–H groups in total. The van der Waals surface area contributed by atoms with Gasteiger partial charge in [0.2, 0.25) is 0 Å². The number of methoxy groups -OCH3 is 1. The molecule has 0 amide bonds. The number of halogens is 3. The molecule has 0 saturated heterocycles. The molecule has 0 spiro atoms. The van der Waals surface area contributed by atoms with Gasteiger partial charge in [-0.3, -0.25) is 0 Å². The Kier molecular flexibility index (Phi) is 3.03. The van der Waals surface area contributed by atoms with Crippen molar-refractivity contribution >= 4 is 11.6 Å². The van der Waals surface area contributed by atoms with Crippen LogP contribution < -0.4 is 4.74 Å². The lowest BCUT2D eigenvalue weighted by molar-refractivity contribution is 0.146. The van der Waals surface area contributed by atoms with Crippen LogP contribution in [0.1, 0.15) is 17.6 Å². The van der Waals surface area contributed by atoms with Crippen molar-refractivity contribution in [1.29, 1.82) is 0 Å².